The summed E-state index contributed by atoms with van der Waals surface area (Å²) >= 11 is 0. The van der Waals surface area contributed by atoms with Crippen LogP contribution < -0.4 is 0 Å². The van der Waals surface area contributed by atoms with Crippen LogP contribution >= 0.6 is 0 Å². The summed E-state index contributed by atoms with van der Waals surface area (Å²) in [5.74, 6) is 0.830. The van der Waals surface area contributed by atoms with Crippen molar-refractivity contribution in [2.75, 3.05) is 39.4 Å². The molecule has 156 valence electrons. The average molecular weight is 386 g/mol. The van der Waals surface area contributed by atoms with Crippen molar-refractivity contribution in [3.63, 3.8) is 0 Å². The number of ether oxygens (including phenoxy) is 1. The van der Waals surface area contributed by atoms with Crippen molar-refractivity contribution in [2.24, 2.45) is 22.7 Å². The molecule has 8 heteroatoms. The monoisotopic (exact) mass is 386 g/mol. The highest BCUT2D eigenvalue weighted by Gasteiger charge is 2.67. The number of aliphatic hydroxyl groups is 4. The summed E-state index contributed by atoms with van der Waals surface area (Å²) in [6, 6.07) is 0. The molecule has 4 aliphatic rings. The number of hydrogen-bond donors (Lipinski definition) is 4. The van der Waals surface area contributed by atoms with Crippen LogP contribution in [0.15, 0.2) is 0 Å². The molecule has 0 aromatic carbocycles. The highest BCUT2D eigenvalue weighted by atomic mass is 16.5. The first kappa shape index (κ1) is 21.1. The molecular weight excluding hydrogens is 352 g/mol. The van der Waals surface area contributed by atoms with Gasteiger partial charge in [-0.05, 0) is 11.8 Å². The van der Waals surface area contributed by atoms with Gasteiger partial charge in [-0.25, -0.2) is 0 Å². The van der Waals surface area contributed by atoms with Crippen molar-refractivity contribution in [1.82, 2.24) is 9.80 Å². The molecule has 4 saturated heterocycles. The Bertz CT molecular complexity index is 522. The Hall–Kier alpha value is -0.610. The van der Waals surface area contributed by atoms with Crippen LogP contribution in [0.1, 0.15) is 27.7 Å². The molecular formula is C19H34N2O6. The molecule has 0 amide bonds. The van der Waals surface area contributed by atoms with Gasteiger partial charge in [0.05, 0.1) is 24.0 Å². The zero-order valence-corrected chi connectivity index (χ0v) is 16.7. The second kappa shape index (κ2) is 7.33. The first-order valence-electron chi connectivity index (χ1n) is 9.88. The van der Waals surface area contributed by atoms with Gasteiger partial charge in [-0.3, -0.25) is 14.6 Å². The van der Waals surface area contributed by atoms with Crippen molar-refractivity contribution in [3.8, 4) is 0 Å². The fourth-order valence-electron chi connectivity index (χ4n) is 5.10. The van der Waals surface area contributed by atoms with Crippen LogP contribution in [0.3, 0.4) is 0 Å². The average Bonchev–Trinajstić information content (AvgIpc) is 2.61. The van der Waals surface area contributed by atoms with E-state index in [4.69, 9.17) is 9.84 Å². The first-order valence-corrected chi connectivity index (χ1v) is 9.88. The zero-order chi connectivity index (χ0) is 20.1. The third-order valence-corrected chi connectivity index (χ3v) is 7.07. The van der Waals surface area contributed by atoms with Gasteiger partial charge in [-0.1, -0.05) is 27.7 Å². The van der Waals surface area contributed by atoms with Gasteiger partial charge in [0, 0.05) is 26.2 Å². The minimum Gasteiger partial charge on any atom is -0.394 e. The second-order valence-electron chi connectivity index (χ2n) is 9.23. The Balaban J connectivity index is 1.75. The molecule has 0 aromatic rings. The van der Waals surface area contributed by atoms with Gasteiger partial charge in [-0.2, -0.15) is 0 Å². The van der Waals surface area contributed by atoms with Gasteiger partial charge in [0.15, 0.2) is 12.1 Å². The zero-order valence-electron chi connectivity index (χ0n) is 16.7. The van der Waals surface area contributed by atoms with Gasteiger partial charge < -0.3 is 25.2 Å². The Morgan fingerprint density at radius 3 is 1.78 bits per heavy atom. The van der Waals surface area contributed by atoms with E-state index < -0.39 is 35.7 Å². The number of Topliss-reactive ketones (excluding diaryl/α,β-unsaturated/α-hetero) is 1. The lowest BCUT2D eigenvalue weighted by atomic mass is 9.54. The number of rotatable bonds is 8. The van der Waals surface area contributed by atoms with Gasteiger partial charge in [0.1, 0.15) is 18.3 Å². The van der Waals surface area contributed by atoms with Crippen molar-refractivity contribution in [2.45, 2.75) is 52.4 Å². The number of carbonyl (C=O) groups is 1. The maximum atomic E-state index is 13.5. The van der Waals surface area contributed by atoms with Gasteiger partial charge >= 0.3 is 0 Å². The van der Waals surface area contributed by atoms with E-state index in [0.717, 1.165) is 0 Å². The molecule has 4 rings (SSSR count). The Morgan fingerprint density at radius 2 is 1.41 bits per heavy atom. The van der Waals surface area contributed by atoms with E-state index in [1.807, 2.05) is 0 Å². The maximum absolute atomic E-state index is 13.5. The molecule has 27 heavy (non-hydrogen) atoms. The Kier molecular flexibility index (Phi) is 5.73. The molecule has 4 fully saturated rings. The molecule has 3 atom stereocenters. The Morgan fingerprint density at radius 1 is 0.963 bits per heavy atom. The van der Waals surface area contributed by atoms with E-state index in [0.29, 0.717) is 32.0 Å². The van der Waals surface area contributed by atoms with Crippen LogP contribution in [0.5, 0.6) is 0 Å². The lowest BCUT2D eigenvalue weighted by Gasteiger charge is -2.67. The summed E-state index contributed by atoms with van der Waals surface area (Å²) in [4.78, 5) is 17.8. The number of aliphatic hydroxyl groups excluding tert-OH is 4. The van der Waals surface area contributed by atoms with E-state index in [-0.39, 0.29) is 24.8 Å². The van der Waals surface area contributed by atoms with Gasteiger partial charge in [0.25, 0.3) is 0 Å². The highest BCUT2D eigenvalue weighted by molar-refractivity contribution is 5.94. The molecule has 8 nitrogen and oxygen atoms in total. The minimum atomic E-state index is -1.47. The van der Waals surface area contributed by atoms with Gasteiger partial charge in [0.2, 0.25) is 0 Å². The lowest BCUT2D eigenvalue weighted by molar-refractivity contribution is -0.282. The topological polar surface area (TPSA) is 114 Å². The predicted molar refractivity (Wildman–Crippen MR) is 97.5 cm³/mol. The highest BCUT2D eigenvalue weighted by Crippen LogP contribution is 2.54. The van der Waals surface area contributed by atoms with E-state index in [2.05, 4.69) is 37.5 Å². The van der Waals surface area contributed by atoms with Crippen LogP contribution in [-0.4, -0.2) is 100 Å². The molecule has 4 aliphatic heterocycles. The summed E-state index contributed by atoms with van der Waals surface area (Å²) in [6.07, 6.45) is -4.53. The molecule has 0 aliphatic carbocycles. The fraction of sp³-hybridized carbons (Fsp3) is 0.947. The standard InChI is InChI=1S/C19H34N2O6/c1-11(2)18-7-20-9-19(12(3)4,16(18)26)10-21(8-18)17(20)27-6-14(24)15(25)13(23)5-22/h11-15,17,22-25H,5-10H2,1-4H3/t13-,14-,15+,17?,18?,19?/m1/s1. The maximum Gasteiger partial charge on any atom is 0.168 e. The largest absolute Gasteiger partial charge is 0.394 e. The summed E-state index contributed by atoms with van der Waals surface area (Å²) in [7, 11) is 0. The number of hydrogen-bond acceptors (Lipinski definition) is 8. The normalized spacial score (nSPS) is 41.4. The number of nitrogens with zero attached hydrogens (tertiary/aromatic N) is 2. The van der Waals surface area contributed by atoms with E-state index in [9.17, 15) is 20.1 Å². The summed E-state index contributed by atoms with van der Waals surface area (Å²) in [6.45, 7) is 10.2. The van der Waals surface area contributed by atoms with Crippen LogP contribution in [0.2, 0.25) is 0 Å². The molecule has 4 bridgehead atoms. The molecule has 0 unspecified atom stereocenters. The summed E-state index contributed by atoms with van der Waals surface area (Å²) in [5.41, 5.74) is -0.794. The van der Waals surface area contributed by atoms with Crippen molar-refractivity contribution >= 4 is 5.78 Å². The predicted octanol–water partition coefficient (Wildman–Crippen LogP) is -1.14. The minimum absolute atomic E-state index is 0.160. The molecule has 0 saturated carbocycles. The van der Waals surface area contributed by atoms with Crippen molar-refractivity contribution < 1.29 is 30.0 Å². The number of carbonyl (C=O) groups excluding carboxylic acids is 1. The third-order valence-electron chi connectivity index (χ3n) is 7.07. The van der Waals surface area contributed by atoms with Crippen LogP contribution in [0.25, 0.3) is 0 Å². The van der Waals surface area contributed by atoms with E-state index in [1.54, 1.807) is 0 Å². The van der Waals surface area contributed by atoms with E-state index >= 15 is 0 Å². The third kappa shape index (κ3) is 3.15. The fourth-order valence-corrected chi connectivity index (χ4v) is 5.10. The van der Waals surface area contributed by atoms with Crippen LogP contribution in [0, 0.1) is 22.7 Å². The molecule has 0 radical (unpaired) electrons. The number of ketones is 1. The quantitative estimate of drug-likeness (QED) is 0.414. The van der Waals surface area contributed by atoms with Crippen LogP contribution in [-0.2, 0) is 9.53 Å². The molecule has 0 aromatic heterocycles. The van der Waals surface area contributed by atoms with E-state index in [1.165, 1.54) is 0 Å². The first-order chi connectivity index (χ1) is 12.6. The number of piperidine rings is 2. The Labute approximate surface area is 160 Å². The molecule has 4 N–H and O–H groups in total. The van der Waals surface area contributed by atoms with Crippen LogP contribution in [0.4, 0.5) is 0 Å². The SMILES string of the molecule is CC(C)C12CN3CC(C(C)C)(CN(C1)C3OC[C@@H](O)[C@@H](O)[C@H](O)CO)C2=O. The summed E-state index contributed by atoms with van der Waals surface area (Å²) in [5, 5.41) is 38.3. The lowest BCUT2D eigenvalue weighted by Crippen LogP contribution is -2.81. The second-order valence-corrected chi connectivity index (χ2v) is 9.23. The molecule has 0 spiro atoms. The molecule has 4 heterocycles. The van der Waals surface area contributed by atoms with Gasteiger partial charge in [-0.15, -0.1) is 0 Å². The van der Waals surface area contributed by atoms with Crippen molar-refractivity contribution in [1.29, 1.82) is 0 Å². The van der Waals surface area contributed by atoms with Crippen molar-refractivity contribution in [3.05, 3.63) is 0 Å². The smallest absolute Gasteiger partial charge is 0.168 e. The summed E-state index contributed by atoms with van der Waals surface area (Å²) < 4.78 is 5.92.